The lowest BCUT2D eigenvalue weighted by Crippen LogP contribution is -2.57. The van der Waals surface area contributed by atoms with Gasteiger partial charge in [-0.25, -0.2) is 4.79 Å². The van der Waals surface area contributed by atoms with Crippen LogP contribution in [0.3, 0.4) is 0 Å². The molecule has 0 heterocycles. The van der Waals surface area contributed by atoms with Crippen LogP contribution in [0, 0.1) is 5.92 Å². The molecule has 3 amide bonds. The molecule has 10 nitrogen and oxygen atoms in total. The molecule has 174 valence electrons. The Morgan fingerprint density at radius 1 is 1.20 bits per heavy atom. The molecule has 10 heteroatoms. The molecule has 0 saturated heterocycles. The van der Waals surface area contributed by atoms with Crippen LogP contribution < -0.4 is 16.4 Å². The van der Waals surface area contributed by atoms with Gasteiger partial charge in [0, 0.05) is 20.1 Å². The zero-order chi connectivity index (χ0) is 22.9. The molecule has 0 aromatic carbocycles. The third kappa shape index (κ3) is 9.27. The van der Waals surface area contributed by atoms with Crippen LogP contribution in [0.1, 0.15) is 59.3 Å². The normalized spacial score (nSPS) is 25.3. The molecule has 5 atom stereocenters. The molecular weight excluding hydrogens is 394 g/mol. The molecule has 0 aromatic rings. The highest BCUT2D eigenvalue weighted by atomic mass is 16.6. The van der Waals surface area contributed by atoms with Crippen molar-refractivity contribution in [3.05, 3.63) is 0 Å². The molecule has 0 aliphatic heterocycles. The zero-order valence-corrected chi connectivity index (χ0v) is 18.3. The highest BCUT2D eigenvalue weighted by Crippen LogP contribution is 2.27. The maximum atomic E-state index is 12.2. The van der Waals surface area contributed by atoms with Crippen molar-refractivity contribution < 1.29 is 34.1 Å². The lowest BCUT2D eigenvalue weighted by Gasteiger charge is -2.38. The van der Waals surface area contributed by atoms with E-state index in [1.165, 1.54) is 7.11 Å². The van der Waals surface area contributed by atoms with E-state index in [9.17, 15) is 24.6 Å². The summed E-state index contributed by atoms with van der Waals surface area (Å²) in [5.41, 5.74) is 4.80. The second-order valence-electron chi connectivity index (χ2n) is 8.71. The number of hydrogen-bond donors (Lipinski definition) is 5. The lowest BCUT2D eigenvalue weighted by atomic mass is 9.80. The lowest BCUT2D eigenvalue weighted by molar-refractivity contribution is -0.140. The molecular formula is C20H37N3O7. The van der Waals surface area contributed by atoms with Gasteiger partial charge in [0.2, 0.25) is 11.8 Å². The van der Waals surface area contributed by atoms with Gasteiger partial charge in [-0.3, -0.25) is 9.59 Å². The summed E-state index contributed by atoms with van der Waals surface area (Å²) < 4.78 is 10.3. The van der Waals surface area contributed by atoms with Gasteiger partial charge in [0.15, 0.2) is 0 Å². The van der Waals surface area contributed by atoms with Crippen LogP contribution in [0.4, 0.5) is 4.79 Å². The molecule has 0 aromatic heterocycles. The molecule has 30 heavy (non-hydrogen) atoms. The molecule has 1 saturated carbocycles. The highest BCUT2D eigenvalue weighted by Gasteiger charge is 2.42. The van der Waals surface area contributed by atoms with Crippen molar-refractivity contribution in [2.45, 2.75) is 89.3 Å². The summed E-state index contributed by atoms with van der Waals surface area (Å²) in [4.78, 5) is 35.3. The van der Waals surface area contributed by atoms with E-state index in [0.29, 0.717) is 32.2 Å². The van der Waals surface area contributed by atoms with Crippen molar-refractivity contribution in [1.82, 2.24) is 10.6 Å². The molecule has 6 N–H and O–H groups in total. The Balaban J connectivity index is 2.29. The van der Waals surface area contributed by atoms with E-state index >= 15 is 0 Å². The van der Waals surface area contributed by atoms with E-state index in [2.05, 4.69) is 10.6 Å². The van der Waals surface area contributed by atoms with Crippen molar-refractivity contribution in [1.29, 1.82) is 0 Å². The maximum Gasteiger partial charge on any atom is 0.407 e. The Labute approximate surface area is 177 Å². The number of nitrogens with one attached hydrogen (secondary N) is 2. The predicted molar refractivity (Wildman–Crippen MR) is 109 cm³/mol. The Kier molecular flexibility index (Phi) is 10.5. The number of amides is 3. The van der Waals surface area contributed by atoms with Crippen LogP contribution in [0.15, 0.2) is 0 Å². The fourth-order valence-corrected chi connectivity index (χ4v) is 3.50. The third-order valence-electron chi connectivity index (χ3n) is 5.01. The summed E-state index contributed by atoms with van der Waals surface area (Å²) in [6, 6.07) is -0.587. The molecule has 1 aliphatic carbocycles. The number of rotatable bonds is 10. The summed E-state index contributed by atoms with van der Waals surface area (Å²) in [5, 5.41) is 25.8. The molecule has 0 radical (unpaired) electrons. The van der Waals surface area contributed by atoms with E-state index in [4.69, 9.17) is 15.2 Å². The predicted octanol–water partition coefficient (Wildman–Crippen LogP) is 0.188. The number of carbonyl (C=O) groups excluding carboxylic acids is 3. The molecule has 1 fully saturated rings. The van der Waals surface area contributed by atoms with Crippen LogP contribution >= 0.6 is 0 Å². The number of alkyl carbamates (subject to hydrolysis) is 1. The van der Waals surface area contributed by atoms with Gasteiger partial charge in [-0.15, -0.1) is 0 Å². The number of primary amides is 1. The fourth-order valence-electron chi connectivity index (χ4n) is 3.50. The van der Waals surface area contributed by atoms with Crippen LogP contribution in [0.25, 0.3) is 0 Å². The van der Waals surface area contributed by atoms with Crippen molar-refractivity contribution in [2.24, 2.45) is 11.7 Å². The van der Waals surface area contributed by atoms with Crippen LogP contribution in [-0.2, 0) is 19.1 Å². The van der Waals surface area contributed by atoms with Crippen molar-refractivity contribution >= 4 is 17.9 Å². The number of methoxy groups -OCH3 is 1. The number of nitrogens with two attached hydrogens (primary N) is 1. The molecule has 5 unspecified atom stereocenters. The minimum atomic E-state index is -1.12. The molecule has 1 rings (SSSR count). The second kappa shape index (κ2) is 12.1. The fraction of sp³-hybridized carbons (Fsp3) is 0.850. The van der Waals surface area contributed by atoms with Crippen LogP contribution in [0.2, 0.25) is 0 Å². The number of hydrogen-bond acceptors (Lipinski definition) is 7. The van der Waals surface area contributed by atoms with E-state index in [1.807, 2.05) is 0 Å². The minimum Gasteiger partial charge on any atom is -0.444 e. The van der Waals surface area contributed by atoms with Gasteiger partial charge in [0.05, 0.1) is 30.3 Å². The first-order valence-electron chi connectivity index (χ1n) is 10.4. The second-order valence-corrected chi connectivity index (χ2v) is 8.71. The van der Waals surface area contributed by atoms with E-state index in [0.717, 1.165) is 0 Å². The molecule has 0 bridgehead atoms. The van der Waals surface area contributed by atoms with Gasteiger partial charge in [0.1, 0.15) is 5.60 Å². The summed E-state index contributed by atoms with van der Waals surface area (Å²) in [6.07, 6.45) is -0.518. The van der Waals surface area contributed by atoms with Crippen LogP contribution in [-0.4, -0.2) is 71.7 Å². The minimum absolute atomic E-state index is 0.0822. The van der Waals surface area contributed by atoms with Gasteiger partial charge in [-0.2, -0.15) is 0 Å². The quantitative estimate of drug-likeness (QED) is 0.309. The Bertz CT molecular complexity index is 579. The van der Waals surface area contributed by atoms with E-state index in [-0.39, 0.29) is 18.7 Å². The smallest absolute Gasteiger partial charge is 0.407 e. The number of aliphatic hydroxyl groups is 2. The molecule has 0 spiro atoms. The Morgan fingerprint density at radius 2 is 1.87 bits per heavy atom. The van der Waals surface area contributed by atoms with Crippen LogP contribution in [0.5, 0.6) is 0 Å². The largest absolute Gasteiger partial charge is 0.444 e. The van der Waals surface area contributed by atoms with Gasteiger partial charge < -0.3 is 36.1 Å². The number of aliphatic hydroxyl groups excluding tert-OH is 2. The third-order valence-corrected chi connectivity index (χ3v) is 5.01. The van der Waals surface area contributed by atoms with Crippen molar-refractivity contribution in [2.75, 3.05) is 13.7 Å². The first-order valence-corrected chi connectivity index (χ1v) is 10.4. The average molecular weight is 432 g/mol. The van der Waals surface area contributed by atoms with Gasteiger partial charge >= 0.3 is 6.09 Å². The van der Waals surface area contributed by atoms with Gasteiger partial charge in [-0.1, -0.05) is 0 Å². The molecule has 1 aliphatic rings. The number of ether oxygens (including phenoxy) is 2. The Morgan fingerprint density at radius 3 is 2.43 bits per heavy atom. The Hall–Kier alpha value is -1.91. The average Bonchev–Trinajstić information content (AvgIpc) is 2.63. The van der Waals surface area contributed by atoms with Crippen molar-refractivity contribution in [3.8, 4) is 0 Å². The van der Waals surface area contributed by atoms with Gasteiger partial charge in [0.25, 0.3) is 0 Å². The summed E-state index contributed by atoms with van der Waals surface area (Å²) in [6.45, 7) is 5.69. The summed E-state index contributed by atoms with van der Waals surface area (Å²) in [5.74, 6) is -1.86. The topological polar surface area (TPSA) is 160 Å². The SMILES string of the molecule is COC1CCC(NC(=O)CCC(O)CCCNC(=O)OC(C)(C)C)C(O)C1C(N)=O. The number of carbonyl (C=O) groups is 3. The first-order chi connectivity index (χ1) is 13.9. The van der Waals surface area contributed by atoms with Crippen molar-refractivity contribution in [3.63, 3.8) is 0 Å². The summed E-state index contributed by atoms with van der Waals surface area (Å²) in [7, 11) is 1.46. The maximum absolute atomic E-state index is 12.2. The zero-order valence-electron chi connectivity index (χ0n) is 18.3. The summed E-state index contributed by atoms with van der Waals surface area (Å²) >= 11 is 0. The first kappa shape index (κ1) is 26.1. The highest BCUT2D eigenvalue weighted by molar-refractivity contribution is 5.79. The standard InChI is InChI=1S/C20H37N3O7/c1-20(2,3)30-19(28)22-11-5-6-12(24)7-10-15(25)23-13-8-9-14(29-4)16(17(13)26)18(21)27/h12-14,16-17,24,26H,5-11H2,1-4H3,(H2,21,27)(H,22,28)(H,23,25). The van der Waals surface area contributed by atoms with E-state index < -0.39 is 47.9 Å². The van der Waals surface area contributed by atoms with Gasteiger partial charge in [-0.05, 0) is 52.9 Å². The monoisotopic (exact) mass is 431 g/mol. The van der Waals surface area contributed by atoms with E-state index in [1.54, 1.807) is 20.8 Å².